The molecular weight excluding hydrogens is 450 g/mol. The minimum Gasteiger partial charge on any atom is -0.363 e. The van der Waals surface area contributed by atoms with Crippen LogP contribution in [0.15, 0.2) is 41.4 Å². The Morgan fingerprint density at radius 3 is 2.68 bits per heavy atom. The van der Waals surface area contributed by atoms with Crippen molar-refractivity contribution in [3.63, 3.8) is 0 Å². The maximum absolute atomic E-state index is 13.1. The lowest BCUT2D eigenvalue weighted by Crippen LogP contribution is -2.31. The number of nitrogens with one attached hydrogen (secondary N) is 1. The molecule has 3 heterocycles. The van der Waals surface area contributed by atoms with Gasteiger partial charge in [-0.15, -0.1) is 0 Å². The molecule has 0 bridgehead atoms. The molecule has 0 radical (unpaired) electrons. The zero-order chi connectivity index (χ0) is 24.3. The van der Waals surface area contributed by atoms with Crippen molar-refractivity contribution in [3.8, 4) is 0 Å². The van der Waals surface area contributed by atoms with Crippen LogP contribution in [0.2, 0.25) is 0 Å². The predicted octanol–water partition coefficient (Wildman–Crippen LogP) is 4.10. The molecule has 0 spiro atoms. The van der Waals surface area contributed by atoms with E-state index in [4.69, 9.17) is 4.98 Å². The number of carbonyl (C=O) groups excluding carboxylic acids is 1. The van der Waals surface area contributed by atoms with E-state index in [1.54, 1.807) is 12.1 Å². The summed E-state index contributed by atoms with van der Waals surface area (Å²) < 4.78 is 29.5. The molecule has 9 heteroatoms. The highest BCUT2D eigenvalue weighted by molar-refractivity contribution is 7.89. The fraction of sp³-hybridized carbons (Fsp3) is 0.520. The first-order chi connectivity index (χ1) is 16.4. The number of H-pyrrole nitrogens is 1. The smallest absolute Gasteiger partial charge is 0.243 e. The molecule has 1 atom stereocenters. The minimum atomic E-state index is -3.55. The van der Waals surface area contributed by atoms with Crippen LogP contribution in [0.4, 0.5) is 0 Å². The van der Waals surface area contributed by atoms with Gasteiger partial charge in [0.2, 0.25) is 15.9 Å². The Labute approximate surface area is 202 Å². The van der Waals surface area contributed by atoms with E-state index in [1.165, 1.54) is 4.31 Å². The Morgan fingerprint density at radius 1 is 1.21 bits per heavy atom. The van der Waals surface area contributed by atoms with Crippen molar-refractivity contribution in [3.05, 3.63) is 48.0 Å². The van der Waals surface area contributed by atoms with Gasteiger partial charge in [0, 0.05) is 50.9 Å². The number of hydrogen-bond donors (Lipinski definition) is 1. The summed E-state index contributed by atoms with van der Waals surface area (Å²) in [4.78, 5) is 23.4. The minimum absolute atomic E-state index is 0.116. The fourth-order valence-corrected chi connectivity index (χ4v) is 6.48. The first-order valence-electron chi connectivity index (χ1n) is 12.3. The van der Waals surface area contributed by atoms with E-state index in [0.717, 1.165) is 49.4 Å². The van der Waals surface area contributed by atoms with Gasteiger partial charge < -0.3 is 14.5 Å². The van der Waals surface area contributed by atoms with Crippen LogP contribution in [0.5, 0.6) is 0 Å². The van der Waals surface area contributed by atoms with Crippen molar-refractivity contribution in [1.29, 1.82) is 0 Å². The standard InChI is InChI=1S/C25H35N5O3S/c1-4-16-29-23-12-11-19(34(32,33)28(5-2)6-3)18-21(23)27-24(29)13-14-25(31)30-17-8-10-22(30)20-9-7-15-26-20/h7,9,11-12,15,18,22,26H,4-6,8,10,13-14,16-17H2,1-3H3. The number of benzene rings is 1. The van der Waals surface area contributed by atoms with Crippen LogP contribution in [0, 0.1) is 0 Å². The van der Waals surface area contributed by atoms with Crippen molar-refractivity contribution in [2.75, 3.05) is 19.6 Å². The van der Waals surface area contributed by atoms with Gasteiger partial charge in [-0.1, -0.05) is 20.8 Å². The van der Waals surface area contributed by atoms with Gasteiger partial charge in [-0.05, 0) is 49.6 Å². The Bertz CT molecular complexity index is 1230. The van der Waals surface area contributed by atoms with Crippen molar-refractivity contribution in [2.45, 2.75) is 70.4 Å². The van der Waals surface area contributed by atoms with Crippen LogP contribution in [-0.2, 0) is 27.8 Å². The summed E-state index contributed by atoms with van der Waals surface area (Å²) in [5.41, 5.74) is 2.66. The topological polar surface area (TPSA) is 91.3 Å². The number of imidazole rings is 1. The third-order valence-corrected chi connectivity index (χ3v) is 8.75. The molecule has 8 nitrogen and oxygen atoms in total. The molecular formula is C25H35N5O3S. The second-order valence-corrected chi connectivity index (χ2v) is 10.7. The third-order valence-electron chi connectivity index (χ3n) is 6.71. The average molecular weight is 486 g/mol. The number of aryl methyl sites for hydroxylation is 2. The van der Waals surface area contributed by atoms with Crippen molar-refractivity contribution >= 4 is 27.0 Å². The number of hydrogen-bond acceptors (Lipinski definition) is 4. The Balaban J connectivity index is 1.57. The molecule has 0 saturated carbocycles. The van der Waals surface area contributed by atoms with E-state index in [1.807, 2.05) is 43.1 Å². The molecule has 1 aromatic carbocycles. The number of nitrogens with zero attached hydrogens (tertiary/aromatic N) is 4. The number of aromatic nitrogens is 3. The van der Waals surface area contributed by atoms with Gasteiger partial charge in [-0.2, -0.15) is 4.31 Å². The molecule has 4 rings (SSSR count). The van der Waals surface area contributed by atoms with E-state index in [2.05, 4.69) is 16.5 Å². The molecule has 2 aromatic heterocycles. The maximum atomic E-state index is 13.1. The Morgan fingerprint density at radius 2 is 2.00 bits per heavy atom. The monoisotopic (exact) mass is 485 g/mol. The normalized spacial score (nSPS) is 16.7. The number of rotatable bonds is 10. The van der Waals surface area contributed by atoms with E-state index in [9.17, 15) is 13.2 Å². The summed E-state index contributed by atoms with van der Waals surface area (Å²) >= 11 is 0. The molecule has 1 aliphatic rings. The number of amides is 1. The molecule has 3 aromatic rings. The SMILES string of the molecule is CCCn1c(CCC(=O)N2CCCC2c2ccc[nH]2)nc2cc(S(=O)(=O)N(CC)CC)ccc21. The Hall–Kier alpha value is -2.65. The van der Waals surface area contributed by atoms with Gasteiger partial charge in [0.15, 0.2) is 0 Å². The number of aromatic amines is 1. The van der Waals surface area contributed by atoms with Crippen LogP contribution in [0.1, 0.15) is 64.0 Å². The van der Waals surface area contributed by atoms with Crippen LogP contribution in [0.25, 0.3) is 11.0 Å². The quantitative estimate of drug-likeness (QED) is 0.468. The highest BCUT2D eigenvalue weighted by atomic mass is 32.2. The first-order valence-corrected chi connectivity index (χ1v) is 13.8. The summed E-state index contributed by atoms with van der Waals surface area (Å²) in [7, 11) is -3.55. The number of likely N-dealkylation sites (tertiary alicyclic amines) is 1. The molecule has 1 unspecified atom stereocenters. The summed E-state index contributed by atoms with van der Waals surface area (Å²) in [6.45, 7) is 8.18. The highest BCUT2D eigenvalue weighted by Gasteiger charge is 2.30. The van der Waals surface area contributed by atoms with Gasteiger partial charge in [0.05, 0.1) is 22.0 Å². The predicted molar refractivity (Wildman–Crippen MR) is 133 cm³/mol. The van der Waals surface area contributed by atoms with Gasteiger partial charge >= 0.3 is 0 Å². The summed E-state index contributed by atoms with van der Waals surface area (Å²) in [5.74, 6) is 0.968. The zero-order valence-corrected chi connectivity index (χ0v) is 21.1. The van der Waals surface area contributed by atoms with Gasteiger partial charge in [0.1, 0.15) is 5.82 Å². The maximum Gasteiger partial charge on any atom is 0.243 e. The second kappa shape index (κ2) is 10.3. The fourth-order valence-electron chi connectivity index (χ4n) is 5.00. The lowest BCUT2D eigenvalue weighted by Gasteiger charge is -2.24. The van der Waals surface area contributed by atoms with Crippen molar-refractivity contribution in [1.82, 2.24) is 23.7 Å². The second-order valence-electron chi connectivity index (χ2n) is 8.79. The summed E-state index contributed by atoms with van der Waals surface area (Å²) in [6.07, 6.45) is 5.72. The molecule has 1 aliphatic heterocycles. The van der Waals surface area contributed by atoms with Gasteiger partial charge in [0.25, 0.3) is 0 Å². The zero-order valence-electron chi connectivity index (χ0n) is 20.3. The summed E-state index contributed by atoms with van der Waals surface area (Å²) in [6, 6.07) is 9.32. The van der Waals surface area contributed by atoms with Crippen LogP contribution in [-0.4, -0.2) is 57.7 Å². The van der Waals surface area contributed by atoms with E-state index in [-0.39, 0.29) is 16.8 Å². The largest absolute Gasteiger partial charge is 0.363 e. The van der Waals surface area contributed by atoms with Crippen molar-refractivity contribution in [2.24, 2.45) is 0 Å². The molecule has 1 saturated heterocycles. The van der Waals surface area contributed by atoms with Crippen molar-refractivity contribution < 1.29 is 13.2 Å². The molecule has 0 aliphatic carbocycles. The number of fused-ring (bicyclic) bond motifs is 1. The van der Waals surface area contributed by atoms with E-state index >= 15 is 0 Å². The lowest BCUT2D eigenvalue weighted by atomic mass is 10.1. The summed E-state index contributed by atoms with van der Waals surface area (Å²) in [5, 5.41) is 0. The van der Waals surface area contributed by atoms with Crippen LogP contribution < -0.4 is 0 Å². The van der Waals surface area contributed by atoms with Gasteiger partial charge in [-0.3, -0.25) is 4.79 Å². The van der Waals surface area contributed by atoms with E-state index in [0.29, 0.717) is 31.4 Å². The Kier molecular flexibility index (Phi) is 7.42. The number of carbonyl (C=O) groups is 1. The van der Waals surface area contributed by atoms with E-state index < -0.39 is 10.0 Å². The molecule has 184 valence electrons. The van der Waals surface area contributed by atoms with Crippen LogP contribution in [0.3, 0.4) is 0 Å². The first kappa shape index (κ1) is 24.5. The third kappa shape index (κ3) is 4.63. The molecule has 34 heavy (non-hydrogen) atoms. The van der Waals surface area contributed by atoms with Crippen LogP contribution >= 0.6 is 0 Å². The number of sulfonamides is 1. The molecule has 1 N–H and O–H groups in total. The van der Waals surface area contributed by atoms with Gasteiger partial charge in [-0.25, -0.2) is 13.4 Å². The molecule has 1 amide bonds. The average Bonchev–Trinajstić information content (AvgIpc) is 3.58. The lowest BCUT2D eigenvalue weighted by molar-refractivity contribution is -0.132. The highest BCUT2D eigenvalue weighted by Crippen LogP contribution is 2.32. The molecule has 1 fully saturated rings.